The molecule has 0 fully saturated rings. The highest BCUT2D eigenvalue weighted by Gasteiger charge is 2.27. The molecule has 9 heteroatoms. The maximum Gasteiger partial charge on any atom is 0.234 e. The van der Waals surface area contributed by atoms with Gasteiger partial charge in [0.05, 0.1) is 32.3 Å². The monoisotopic (exact) mass is 424 g/mol. The van der Waals surface area contributed by atoms with Gasteiger partial charge in [0.2, 0.25) is 11.8 Å². The minimum absolute atomic E-state index is 0.0714. The highest BCUT2D eigenvalue weighted by atomic mass is 35.5. The lowest BCUT2D eigenvalue weighted by molar-refractivity contribution is -0.116. The number of halogens is 1. The third kappa shape index (κ3) is 4.45. The molecule has 0 saturated heterocycles. The summed E-state index contributed by atoms with van der Waals surface area (Å²) in [7, 11) is -3.74. The van der Waals surface area contributed by atoms with Crippen LogP contribution in [0.1, 0.15) is 13.3 Å². The number of thioether (sulfide) groups is 1. The van der Waals surface area contributed by atoms with Gasteiger partial charge in [0.15, 0.2) is 9.84 Å². The number of anilines is 2. The van der Waals surface area contributed by atoms with Crippen LogP contribution in [-0.4, -0.2) is 31.2 Å². The number of carbonyl (C=O) groups excluding carboxylic acids is 2. The van der Waals surface area contributed by atoms with Gasteiger partial charge < -0.3 is 10.6 Å². The molecule has 3 rings (SSSR count). The molecule has 0 bridgehead atoms. The number of para-hydroxylation sites is 1. The fourth-order valence-corrected chi connectivity index (χ4v) is 4.95. The number of nitrogens with one attached hydrogen (secondary N) is 2. The van der Waals surface area contributed by atoms with Crippen molar-refractivity contribution >= 4 is 56.4 Å². The van der Waals surface area contributed by atoms with Gasteiger partial charge in [-0.25, -0.2) is 8.42 Å². The highest BCUT2D eigenvalue weighted by Crippen LogP contribution is 2.34. The van der Waals surface area contributed by atoms with Crippen LogP contribution < -0.4 is 10.6 Å². The summed E-state index contributed by atoms with van der Waals surface area (Å²) >= 11 is 7.35. The van der Waals surface area contributed by atoms with Gasteiger partial charge in [-0.05, 0) is 37.3 Å². The summed E-state index contributed by atoms with van der Waals surface area (Å²) in [5.41, 5.74) is 0.910. The minimum atomic E-state index is -3.74. The Morgan fingerprint density at radius 1 is 1.30 bits per heavy atom. The van der Waals surface area contributed by atoms with Crippen LogP contribution in [0.2, 0.25) is 5.02 Å². The average molecular weight is 425 g/mol. The number of hydrogen-bond donors (Lipinski definition) is 2. The molecular formula is C18H17ClN2O4S2. The van der Waals surface area contributed by atoms with Crippen molar-refractivity contribution in [2.75, 3.05) is 16.4 Å². The summed E-state index contributed by atoms with van der Waals surface area (Å²) in [6, 6.07) is 11.3. The van der Waals surface area contributed by atoms with E-state index in [1.54, 1.807) is 30.3 Å². The summed E-state index contributed by atoms with van der Waals surface area (Å²) in [4.78, 5) is 24.6. The minimum Gasteiger partial charge on any atom is -0.325 e. The molecular weight excluding hydrogens is 408 g/mol. The van der Waals surface area contributed by atoms with Crippen molar-refractivity contribution in [3.63, 3.8) is 0 Å². The van der Waals surface area contributed by atoms with Crippen LogP contribution in [0.4, 0.5) is 11.4 Å². The van der Waals surface area contributed by atoms with Crippen molar-refractivity contribution < 1.29 is 18.0 Å². The largest absolute Gasteiger partial charge is 0.325 e. The van der Waals surface area contributed by atoms with Gasteiger partial charge in [-0.2, -0.15) is 0 Å². The number of fused-ring (bicyclic) bond motifs is 1. The van der Waals surface area contributed by atoms with Gasteiger partial charge >= 0.3 is 0 Å². The van der Waals surface area contributed by atoms with E-state index in [-0.39, 0.29) is 17.2 Å². The maximum atomic E-state index is 12.8. The highest BCUT2D eigenvalue weighted by molar-refractivity contribution is 8.00. The van der Waals surface area contributed by atoms with Crippen molar-refractivity contribution in [2.45, 2.75) is 28.4 Å². The van der Waals surface area contributed by atoms with Gasteiger partial charge in [-0.15, -0.1) is 11.8 Å². The SMILES string of the molecule is CC(CC(=O)Nc1ccccc1Cl)S(=O)(=O)c1ccc2c(c1)NC(=O)CS2. The summed E-state index contributed by atoms with van der Waals surface area (Å²) < 4.78 is 25.7. The smallest absolute Gasteiger partial charge is 0.234 e. The molecule has 6 nitrogen and oxygen atoms in total. The lowest BCUT2D eigenvalue weighted by atomic mass is 10.3. The van der Waals surface area contributed by atoms with E-state index in [1.165, 1.54) is 30.8 Å². The molecule has 1 unspecified atom stereocenters. The van der Waals surface area contributed by atoms with E-state index in [0.29, 0.717) is 22.2 Å². The molecule has 1 heterocycles. The van der Waals surface area contributed by atoms with Crippen LogP contribution in [0.25, 0.3) is 0 Å². The lowest BCUT2D eigenvalue weighted by Crippen LogP contribution is -2.25. The van der Waals surface area contributed by atoms with E-state index in [4.69, 9.17) is 11.6 Å². The van der Waals surface area contributed by atoms with Gasteiger partial charge in [0.1, 0.15) is 0 Å². The Balaban J connectivity index is 1.74. The molecule has 1 aliphatic rings. The normalized spacial score (nSPS) is 14.8. The third-order valence-corrected chi connectivity index (χ3v) is 7.60. The van der Waals surface area contributed by atoms with Crippen LogP contribution in [0.5, 0.6) is 0 Å². The molecule has 2 aromatic rings. The Morgan fingerprint density at radius 2 is 2.04 bits per heavy atom. The predicted octanol–water partition coefficient (Wildman–Crippen LogP) is 3.58. The zero-order valence-electron chi connectivity index (χ0n) is 14.4. The molecule has 27 heavy (non-hydrogen) atoms. The Bertz CT molecular complexity index is 1010. The Hall–Kier alpha value is -2.03. The number of rotatable bonds is 5. The van der Waals surface area contributed by atoms with E-state index < -0.39 is 21.0 Å². The summed E-state index contributed by atoms with van der Waals surface area (Å²) in [6.45, 7) is 1.48. The van der Waals surface area contributed by atoms with Crippen LogP contribution >= 0.6 is 23.4 Å². The van der Waals surface area contributed by atoms with Crippen LogP contribution in [0.15, 0.2) is 52.3 Å². The first kappa shape index (κ1) is 19.7. The maximum absolute atomic E-state index is 12.8. The van der Waals surface area contributed by atoms with Gasteiger partial charge in [-0.3, -0.25) is 9.59 Å². The fourth-order valence-electron chi connectivity index (χ4n) is 2.61. The molecule has 1 aliphatic heterocycles. The molecule has 2 amide bonds. The quantitative estimate of drug-likeness (QED) is 0.765. The first-order valence-electron chi connectivity index (χ1n) is 8.12. The lowest BCUT2D eigenvalue weighted by Gasteiger charge is -2.18. The Labute approximate surface area is 166 Å². The number of sulfone groups is 1. The van der Waals surface area contributed by atoms with Crippen LogP contribution in [0, 0.1) is 0 Å². The standard InChI is InChI=1S/C18H17ClN2O4S2/c1-11(8-17(22)20-14-5-3-2-4-13(14)19)27(24,25)12-6-7-16-15(9-12)21-18(23)10-26-16/h2-7,9,11H,8,10H2,1H3,(H,20,22)(H,21,23). The Kier molecular flexibility index (Phi) is 5.78. The zero-order chi connectivity index (χ0) is 19.6. The van der Waals surface area contributed by atoms with Crippen LogP contribution in [0.3, 0.4) is 0 Å². The van der Waals surface area contributed by atoms with Crippen molar-refractivity contribution in [1.82, 2.24) is 0 Å². The number of carbonyl (C=O) groups is 2. The van der Waals surface area contributed by atoms with E-state index >= 15 is 0 Å². The zero-order valence-corrected chi connectivity index (χ0v) is 16.7. The summed E-state index contributed by atoms with van der Waals surface area (Å²) in [6.07, 6.45) is -0.217. The van der Waals surface area contributed by atoms with E-state index in [2.05, 4.69) is 10.6 Å². The number of hydrogen-bond acceptors (Lipinski definition) is 5. The fraction of sp³-hybridized carbons (Fsp3) is 0.222. The molecule has 0 saturated carbocycles. The second kappa shape index (κ2) is 7.92. The van der Waals surface area contributed by atoms with E-state index in [1.807, 2.05) is 0 Å². The average Bonchev–Trinajstić information content (AvgIpc) is 2.62. The second-order valence-electron chi connectivity index (χ2n) is 6.08. The van der Waals surface area contributed by atoms with Gasteiger partial charge in [-0.1, -0.05) is 23.7 Å². The molecule has 0 radical (unpaired) electrons. The van der Waals surface area contributed by atoms with Crippen molar-refractivity contribution in [2.24, 2.45) is 0 Å². The number of amides is 2. The van der Waals surface area contributed by atoms with Gasteiger partial charge in [0.25, 0.3) is 0 Å². The Morgan fingerprint density at radius 3 is 2.78 bits per heavy atom. The predicted molar refractivity (Wildman–Crippen MR) is 107 cm³/mol. The first-order chi connectivity index (χ1) is 12.8. The van der Waals surface area contributed by atoms with E-state index in [0.717, 1.165) is 4.90 Å². The molecule has 2 aromatic carbocycles. The first-order valence-corrected chi connectivity index (χ1v) is 11.0. The summed E-state index contributed by atoms with van der Waals surface area (Å²) in [5, 5.41) is 4.74. The molecule has 1 atom stereocenters. The summed E-state index contributed by atoms with van der Waals surface area (Å²) in [5.74, 6) is -0.312. The van der Waals surface area contributed by atoms with E-state index in [9.17, 15) is 18.0 Å². The van der Waals surface area contributed by atoms with Crippen molar-refractivity contribution in [3.8, 4) is 0 Å². The topological polar surface area (TPSA) is 92.3 Å². The molecule has 2 N–H and O–H groups in total. The molecule has 142 valence electrons. The molecule has 0 aliphatic carbocycles. The third-order valence-electron chi connectivity index (χ3n) is 4.06. The van der Waals surface area contributed by atoms with Crippen LogP contribution in [-0.2, 0) is 19.4 Å². The molecule has 0 spiro atoms. The van der Waals surface area contributed by atoms with Crippen molar-refractivity contribution in [3.05, 3.63) is 47.5 Å². The van der Waals surface area contributed by atoms with Gasteiger partial charge in [0, 0.05) is 11.3 Å². The second-order valence-corrected chi connectivity index (χ2v) is 9.87. The molecule has 0 aromatic heterocycles. The van der Waals surface area contributed by atoms with Crippen molar-refractivity contribution in [1.29, 1.82) is 0 Å². The number of benzene rings is 2.